The monoisotopic (exact) mass is 354 g/mol. The summed E-state index contributed by atoms with van der Waals surface area (Å²) in [5.41, 5.74) is 0. The summed E-state index contributed by atoms with van der Waals surface area (Å²) in [4.78, 5) is 0. The lowest BCUT2D eigenvalue weighted by Crippen LogP contribution is -1.89. The Kier molecular flexibility index (Phi) is 2.26. The third-order valence-corrected chi connectivity index (χ3v) is 6.12. The molecular formula is C28H16. The van der Waals surface area contributed by atoms with Gasteiger partial charge in [-0.25, -0.2) is 0 Å². The maximum absolute atomic E-state index is 9.18. The van der Waals surface area contributed by atoms with Crippen molar-refractivity contribution >= 4 is 64.6 Å². The SMILES string of the molecule is [2H]c1c2ccccc2c2cccc3c4cccc5c6ccccc6c([2H])c(c1c23)c54. The molecule has 0 aromatic heterocycles. The first-order valence-corrected chi connectivity index (χ1v) is 9.64. The van der Waals surface area contributed by atoms with Crippen LogP contribution in [0.15, 0.2) is 97.0 Å². The van der Waals surface area contributed by atoms with E-state index in [0.717, 1.165) is 64.6 Å². The molecule has 128 valence electrons. The Bertz CT molecular complexity index is 1680. The largest absolute Gasteiger partial charge is 0.0636 e. The third-order valence-electron chi connectivity index (χ3n) is 6.12. The molecular weight excluding hydrogens is 336 g/mol. The third kappa shape index (κ3) is 1.66. The first-order chi connectivity index (χ1) is 14.8. The Balaban J connectivity index is 1.99. The molecule has 0 bridgehead atoms. The molecule has 0 fully saturated rings. The van der Waals surface area contributed by atoms with E-state index < -0.39 is 0 Å². The van der Waals surface area contributed by atoms with Crippen LogP contribution in [0.4, 0.5) is 0 Å². The highest BCUT2D eigenvalue weighted by molar-refractivity contribution is 6.38. The smallest absolute Gasteiger partial charge is 0.0616 e. The van der Waals surface area contributed by atoms with E-state index in [4.69, 9.17) is 0 Å². The molecule has 28 heavy (non-hydrogen) atoms. The highest BCUT2D eigenvalue weighted by Crippen LogP contribution is 2.44. The minimum absolute atomic E-state index is 0.519. The Morgan fingerprint density at radius 3 is 1.18 bits per heavy atom. The van der Waals surface area contributed by atoms with Crippen LogP contribution in [0.25, 0.3) is 64.6 Å². The van der Waals surface area contributed by atoms with E-state index in [9.17, 15) is 2.74 Å². The first-order valence-electron chi connectivity index (χ1n) is 10.6. The van der Waals surface area contributed by atoms with E-state index in [1.807, 2.05) is 36.4 Å². The van der Waals surface area contributed by atoms with E-state index >= 15 is 0 Å². The molecule has 0 amide bonds. The molecule has 0 nitrogen and oxygen atoms in total. The van der Waals surface area contributed by atoms with Gasteiger partial charge in [-0.2, -0.15) is 0 Å². The van der Waals surface area contributed by atoms with E-state index in [-0.39, 0.29) is 0 Å². The van der Waals surface area contributed by atoms with E-state index in [0.29, 0.717) is 12.1 Å². The molecule has 0 aliphatic carbocycles. The van der Waals surface area contributed by atoms with Crippen molar-refractivity contribution in [1.82, 2.24) is 0 Å². The van der Waals surface area contributed by atoms with E-state index in [1.165, 1.54) is 0 Å². The summed E-state index contributed by atoms with van der Waals surface area (Å²) in [6, 6.07) is 30.2. The second-order valence-electron chi connectivity index (χ2n) is 7.55. The minimum Gasteiger partial charge on any atom is -0.0616 e. The molecule has 0 N–H and O–H groups in total. The lowest BCUT2D eigenvalue weighted by molar-refractivity contribution is 1.79. The van der Waals surface area contributed by atoms with Gasteiger partial charge in [0.05, 0.1) is 2.74 Å². The maximum atomic E-state index is 9.18. The van der Waals surface area contributed by atoms with Gasteiger partial charge in [0, 0.05) is 0 Å². The van der Waals surface area contributed by atoms with Crippen molar-refractivity contribution in [3.8, 4) is 0 Å². The van der Waals surface area contributed by atoms with Gasteiger partial charge in [-0.15, -0.1) is 0 Å². The summed E-state index contributed by atoms with van der Waals surface area (Å²) in [7, 11) is 0. The van der Waals surface area contributed by atoms with Crippen LogP contribution in [-0.2, 0) is 0 Å². The van der Waals surface area contributed by atoms with Crippen molar-refractivity contribution in [2.75, 3.05) is 0 Å². The molecule has 0 heterocycles. The lowest BCUT2D eigenvalue weighted by Gasteiger charge is -2.17. The van der Waals surface area contributed by atoms with Crippen molar-refractivity contribution in [3.63, 3.8) is 0 Å². The van der Waals surface area contributed by atoms with Gasteiger partial charge in [-0.1, -0.05) is 84.9 Å². The molecule has 0 heteroatoms. The number of rotatable bonds is 0. The predicted molar refractivity (Wildman–Crippen MR) is 123 cm³/mol. The van der Waals surface area contributed by atoms with Gasteiger partial charge in [0.1, 0.15) is 0 Å². The van der Waals surface area contributed by atoms with Crippen molar-refractivity contribution < 1.29 is 2.74 Å². The lowest BCUT2D eigenvalue weighted by atomic mass is 9.86. The van der Waals surface area contributed by atoms with Crippen molar-refractivity contribution in [2.24, 2.45) is 0 Å². The van der Waals surface area contributed by atoms with Crippen LogP contribution in [-0.4, -0.2) is 0 Å². The highest BCUT2D eigenvalue weighted by Gasteiger charge is 2.15. The van der Waals surface area contributed by atoms with Gasteiger partial charge < -0.3 is 0 Å². The molecule has 0 saturated heterocycles. The normalized spacial score (nSPS) is 13.3. The summed E-state index contributed by atoms with van der Waals surface area (Å²) < 4.78 is 18.4. The molecule has 0 atom stereocenters. The molecule has 0 aliphatic heterocycles. The first kappa shape index (κ1) is 12.7. The maximum Gasteiger partial charge on any atom is 0.0636 e. The van der Waals surface area contributed by atoms with Crippen LogP contribution in [0.2, 0.25) is 0 Å². The van der Waals surface area contributed by atoms with E-state index in [1.54, 1.807) is 0 Å². The molecule has 0 aliphatic rings. The summed E-state index contributed by atoms with van der Waals surface area (Å²) in [5, 5.41) is 12.7. The van der Waals surface area contributed by atoms with Crippen molar-refractivity contribution in [1.29, 1.82) is 0 Å². The van der Waals surface area contributed by atoms with E-state index in [2.05, 4.69) is 48.5 Å². The average molecular weight is 354 g/mol. The fourth-order valence-corrected chi connectivity index (χ4v) is 4.96. The van der Waals surface area contributed by atoms with Gasteiger partial charge in [-0.05, 0) is 76.7 Å². The molecule has 0 unspecified atom stereocenters. The van der Waals surface area contributed by atoms with Crippen LogP contribution < -0.4 is 0 Å². The van der Waals surface area contributed by atoms with Gasteiger partial charge in [0.25, 0.3) is 0 Å². The summed E-state index contributed by atoms with van der Waals surface area (Å²) >= 11 is 0. The zero-order valence-corrected chi connectivity index (χ0v) is 15.1. The molecule has 0 radical (unpaired) electrons. The zero-order valence-electron chi connectivity index (χ0n) is 17.1. The second kappa shape index (κ2) is 4.99. The summed E-state index contributed by atoms with van der Waals surface area (Å²) in [6.45, 7) is 0. The number of hydrogen-bond donors (Lipinski definition) is 0. The second-order valence-corrected chi connectivity index (χ2v) is 7.55. The van der Waals surface area contributed by atoms with Crippen LogP contribution in [0.5, 0.6) is 0 Å². The fourth-order valence-electron chi connectivity index (χ4n) is 4.96. The quantitative estimate of drug-likeness (QED) is 0.191. The standard InChI is InChI=1S/C28H16/c1-3-9-19-17(7-1)15-25-26-16-18-8-2-4-10-20(18)22-12-6-14-24(28(22)26)23-13-5-11-21(19)27(23)25/h1-16H/i15D,16D. The van der Waals surface area contributed by atoms with Crippen LogP contribution in [0.1, 0.15) is 2.74 Å². The number of fused-ring (bicyclic) bond motifs is 6. The summed E-state index contributed by atoms with van der Waals surface area (Å²) in [6.07, 6.45) is 0. The number of hydrogen-bond acceptors (Lipinski definition) is 0. The molecule has 0 spiro atoms. The molecule has 7 aromatic carbocycles. The Hall–Kier alpha value is -3.64. The number of benzene rings is 7. The molecule has 0 saturated carbocycles. The Labute approximate surface area is 164 Å². The topological polar surface area (TPSA) is 0 Å². The molecule has 7 aromatic rings. The van der Waals surface area contributed by atoms with Crippen LogP contribution in [0.3, 0.4) is 0 Å². The molecule has 7 rings (SSSR count). The van der Waals surface area contributed by atoms with Crippen LogP contribution >= 0.6 is 0 Å². The van der Waals surface area contributed by atoms with Crippen LogP contribution in [0, 0.1) is 0 Å². The minimum atomic E-state index is 0.519. The van der Waals surface area contributed by atoms with Gasteiger partial charge >= 0.3 is 0 Å². The van der Waals surface area contributed by atoms with Gasteiger partial charge in [-0.3, -0.25) is 0 Å². The fraction of sp³-hybridized carbons (Fsp3) is 0. The Morgan fingerprint density at radius 1 is 0.357 bits per heavy atom. The predicted octanol–water partition coefficient (Wildman–Crippen LogP) is 8.04. The highest BCUT2D eigenvalue weighted by atomic mass is 14.2. The summed E-state index contributed by atoms with van der Waals surface area (Å²) in [5.74, 6) is 0. The van der Waals surface area contributed by atoms with Crippen molar-refractivity contribution in [2.45, 2.75) is 0 Å². The zero-order chi connectivity index (χ0) is 20.0. The Morgan fingerprint density at radius 2 is 0.714 bits per heavy atom. The van der Waals surface area contributed by atoms with Gasteiger partial charge in [0.15, 0.2) is 0 Å². The average Bonchev–Trinajstić information content (AvgIpc) is 2.81. The van der Waals surface area contributed by atoms with Gasteiger partial charge in [0.2, 0.25) is 0 Å². The van der Waals surface area contributed by atoms with Crippen molar-refractivity contribution in [3.05, 3.63) is 97.0 Å².